The maximum absolute atomic E-state index is 12.3. The summed E-state index contributed by atoms with van der Waals surface area (Å²) in [7, 11) is -3.97. The van der Waals surface area contributed by atoms with E-state index in [-0.39, 0.29) is 31.4 Å². The van der Waals surface area contributed by atoms with Gasteiger partial charge in [-0.15, -0.1) is 0 Å². The third-order valence-electron chi connectivity index (χ3n) is 3.60. The van der Waals surface area contributed by atoms with Crippen molar-refractivity contribution >= 4 is 43.5 Å². The molecule has 1 aromatic carbocycles. The summed E-state index contributed by atoms with van der Waals surface area (Å²) < 4.78 is 23.2. The van der Waals surface area contributed by atoms with E-state index in [0.29, 0.717) is 5.92 Å². The van der Waals surface area contributed by atoms with Crippen molar-refractivity contribution in [2.75, 3.05) is 0 Å². The number of amides is 1. The molecule has 0 aliphatic heterocycles. The van der Waals surface area contributed by atoms with Gasteiger partial charge in [-0.2, -0.15) is 0 Å². The molecular weight excluding hydrogens is 380 g/mol. The van der Waals surface area contributed by atoms with Crippen LogP contribution in [-0.2, 0) is 10.0 Å². The lowest BCUT2D eigenvalue weighted by Crippen LogP contribution is -2.45. The van der Waals surface area contributed by atoms with E-state index in [1.54, 1.807) is 0 Å². The summed E-state index contributed by atoms with van der Waals surface area (Å²) in [5.41, 5.74) is -0.167. The van der Waals surface area contributed by atoms with Gasteiger partial charge in [0.15, 0.2) is 0 Å². The van der Waals surface area contributed by atoms with Gasteiger partial charge in [-0.1, -0.05) is 11.6 Å². The van der Waals surface area contributed by atoms with Crippen LogP contribution in [0.2, 0.25) is 5.02 Å². The highest BCUT2D eigenvalue weighted by atomic mass is 79.9. The second-order valence-electron chi connectivity index (χ2n) is 5.77. The summed E-state index contributed by atoms with van der Waals surface area (Å²) in [6, 6.07) is 2.64. The highest BCUT2D eigenvalue weighted by molar-refractivity contribution is 9.10. The first-order chi connectivity index (χ1) is 9.52. The highest BCUT2D eigenvalue weighted by Crippen LogP contribution is 2.39. The van der Waals surface area contributed by atoms with Gasteiger partial charge in [0.2, 0.25) is 10.0 Å². The Morgan fingerprint density at radius 2 is 2.00 bits per heavy atom. The molecule has 116 valence electrons. The zero-order chi connectivity index (χ0) is 16.0. The number of primary sulfonamides is 1. The normalized spacial score (nSPS) is 15.9. The molecule has 2 rings (SSSR count). The van der Waals surface area contributed by atoms with Crippen molar-refractivity contribution < 1.29 is 13.2 Å². The van der Waals surface area contributed by atoms with Crippen LogP contribution in [0.4, 0.5) is 0 Å². The Morgan fingerprint density at radius 3 is 2.48 bits per heavy atom. The Balaban J connectivity index is 2.36. The van der Waals surface area contributed by atoms with Gasteiger partial charge in [0, 0.05) is 11.1 Å². The molecule has 3 N–H and O–H groups in total. The van der Waals surface area contributed by atoms with Crippen molar-refractivity contribution in [1.82, 2.24) is 5.32 Å². The number of nitrogens with two attached hydrogens (primary N) is 1. The second-order valence-corrected chi connectivity index (χ2v) is 8.50. The molecular formula is C13H16BrClN2O3S. The Hall–Kier alpha value is -0.630. The fourth-order valence-electron chi connectivity index (χ4n) is 2.17. The fraction of sp³-hybridized carbons (Fsp3) is 0.462. The Labute approximate surface area is 137 Å². The predicted molar refractivity (Wildman–Crippen MR) is 84.8 cm³/mol. The first kappa shape index (κ1) is 16.7. The lowest BCUT2D eigenvalue weighted by molar-refractivity contribution is 0.0903. The van der Waals surface area contributed by atoms with Gasteiger partial charge in [0.05, 0.1) is 14.4 Å². The van der Waals surface area contributed by atoms with Crippen molar-refractivity contribution in [1.29, 1.82) is 0 Å². The van der Waals surface area contributed by atoms with Crippen LogP contribution in [0.5, 0.6) is 0 Å². The Bertz CT molecular complexity index is 700. The number of hydrogen-bond acceptors (Lipinski definition) is 3. The van der Waals surface area contributed by atoms with Crippen molar-refractivity contribution in [3.8, 4) is 0 Å². The van der Waals surface area contributed by atoms with E-state index < -0.39 is 10.0 Å². The van der Waals surface area contributed by atoms with E-state index in [1.165, 1.54) is 12.1 Å². The summed E-state index contributed by atoms with van der Waals surface area (Å²) in [6.45, 7) is 3.90. The molecule has 0 saturated heterocycles. The van der Waals surface area contributed by atoms with Crippen LogP contribution in [0.25, 0.3) is 0 Å². The molecule has 1 aromatic rings. The van der Waals surface area contributed by atoms with Crippen molar-refractivity contribution in [2.24, 2.45) is 11.1 Å². The van der Waals surface area contributed by atoms with Gasteiger partial charge in [-0.3, -0.25) is 4.79 Å². The van der Waals surface area contributed by atoms with E-state index in [4.69, 9.17) is 16.7 Å². The minimum absolute atomic E-state index is 0.121. The van der Waals surface area contributed by atoms with Crippen LogP contribution in [0.1, 0.15) is 37.0 Å². The molecule has 0 unspecified atom stereocenters. The third-order valence-corrected chi connectivity index (χ3v) is 6.18. The van der Waals surface area contributed by atoms with Crippen molar-refractivity contribution in [2.45, 2.75) is 37.1 Å². The molecule has 0 radical (unpaired) electrons. The Morgan fingerprint density at radius 1 is 1.43 bits per heavy atom. The van der Waals surface area contributed by atoms with Crippen LogP contribution in [0, 0.1) is 5.92 Å². The summed E-state index contributed by atoms with van der Waals surface area (Å²) in [5, 5.41) is 8.17. The number of halogens is 2. The topological polar surface area (TPSA) is 89.3 Å². The summed E-state index contributed by atoms with van der Waals surface area (Å²) in [4.78, 5) is 12.1. The van der Waals surface area contributed by atoms with E-state index in [2.05, 4.69) is 21.2 Å². The molecule has 0 atom stereocenters. The number of carbonyl (C=O) groups excluding carboxylic acids is 1. The number of benzene rings is 1. The van der Waals surface area contributed by atoms with Gasteiger partial charge >= 0.3 is 0 Å². The van der Waals surface area contributed by atoms with Gasteiger partial charge in [0.25, 0.3) is 5.91 Å². The third kappa shape index (κ3) is 3.77. The molecule has 0 bridgehead atoms. The maximum atomic E-state index is 12.3. The van der Waals surface area contributed by atoms with Crippen LogP contribution in [0.15, 0.2) is 21.5 Å². The first-order valence-corrected chi connectivity index (χ1v) is 9.08. The van der Waals surface area contributed by atoms with Crippen LogP contribution >= 0.6 is 27.5 Å². The smallest absolute Gasteiger partial charge is 0.251 e. The molecule has 8 heteroatoms. The largest absolute Gasteiger partial charge is 0.347 e. The lowest BCUT2D eigenvalue weighted by atomic mass is 9.98. The van der Waals surface area contributed by atoms with Crippen molar-refractivity contribution in [3.05, 3.63) is 27.2 Å². The second kappa shape index (κ2) is 5.53. The number of nitrogens with one attached hydrogen (secondary N) is 1. The van der Waals surface area contributed by atoms with Gasteiger partial charge in [0.1, 0.15) is 0 Å². The molecule has 1 saturated carbocycles. The monoisotopic (exact) mass is 394 g/mol. The summed E-state index contributed by atoms with van der Waals surface area (Å²) >= 11 is 9.04. The quantitative estimate of drug-likeness (QED) is 0.821. The SMILES string of the molecule is CC(C)(NC(=O)c1cc(Cl)c(Br)c(S(N)(=O)=O)c1)C1CC1. The molecule has 1 aliphatic rings. The van der Waals surface area contributed by atoms with Gasteiger partial charge in [-0.25, -0.2) is 13.6 Å². The average molecular weight is 396 g/mol. The highest BCUT2D eigenvalue weighted by Gasteiger charge is 2.39. The summed E-state index contributed by atoms with van der Waals surface area (Å²) in [6.07, 6.45) is 2.16. The standard InChI is InChI=1S/C13H16BrClN2O3S/c1-13(2,8-3-4-8)17-12(18)7-5-9(15)11(14)10(6-7)21(16,19)20/h5-6,8H,3-4H2,1-2H3,(H,17,18)(H2,16,19,20). The van der Waals surface area contributed by atoms with Crippen LogP contribution in [0.3, 0.4) is 0 Å². The molecule has 5 nitrogen and oxygen atoms in total. The fourth-order valence-corrected chi connectivity index (χ4v) is 4.01. The maximum Gasteiger partial charge on any atom is 0.251 e. The first-order valence-electron chi connectivity index (χ1n) is 6.37. The van der Waals surface area contributed by atoms with Crippen molar-refractivity contribution in [3.63, 3.8) is 0 Å². The molecule has 0 spiro atoms. The molecule has 1 amide bonds. The zero-order valence-electron chi connectivity index (χ0n) is 11.6. The number of carbonyl (C=O) groups is 1. The molecule has 1 aliphatic carbocycles. The number of hydrogen-bond donors (Lipinski definition) is 2. The van der Waals surface area contributed by atoms with Gasteiger partial charge < -0.3 is 5.32 Å². The molecule has 0 aromatic heterocycles. The van der Waals surface area contributed by atoms with E-state index in [0.717, 1.165) is 12.8 Å². The lowest BCUT2D eigenvalue weighted by Gasteiger charge is -2.26. The van der Waals surface area contributed by atoms with Gasteiger partial charge in [-0.05, 0) is 60.7 Å². The Kier molecular flexibility index (Phi) is 4.41. The predicted octanol–water partition coefficient (Wildman–Crippen LogP) is 2.67. The minimum Gasteiger partial charge on any atom is -0.347 e. The number of sulfonamides is 1. The average Bonchev–Trinajstić information content (AvgIpc) is 3.14. The van der Waals surface area contributed by atoms with E-state index in [9.17, 15) is 13.2 Å². The van der Waals surface area contributed by atoms with Crippen LogP contribution in [-0.4, -0.2) is 19.9 Å². The zero-order valence-corrected chi connectivity index (χ0v) is 14.8. The summed E-state index contributed by atoms with van der Waals surface area (Å²) in [5.74, 6) is 0.0799. The molecule has 21 heavy (non-hydrogen) atoms. The van der Waals surface area contributed by atoms with E-state index >= 15 is 0 Å². The van der Waals surface area contributed by atoms with E-state index in [1.807, 2.05) is 13.8 Å². The number of rotatable bonds is 4. The minimum atomic E-state index is -3.97. The molecule has 0 heterocycles. The molecule has 1 fully saturated rings. The van der Waals surface area contributed by atoms with Crippen LogP contribution < -0.4 is 10.5 Å².